The molecule has 7 heteroatoms. The zero-order valence-electron chi connectivity index (χ0n) is 10.0. The Morgan fingerprint density at radius 2 is 2.22 bits per heavy atom. The van der Waals surface area contributed by atoms with Crippen LogP contribution in [0, 0.1) is 0 Å². The molecule has 0 N–H and O–H groups in total. The third-order valence-corrected chi connectivity index (χ3v) is 2.44. The average Bonchev–Trinajstić information content (AvgIpc) is 2.71. The minimum absolute atomic E-state index is 0.214. The normalized spacial score (nSPS) is 10.3. The van der Waals surface area contributed by atoms with Gasteiger partial charge in [0.15, 0.2) is 0 Å². The van der Waals surface area contributed by atoms with Gasteiger partial charge >= 0.3 is 11.7 Å². The van der Waals surface area contributed by atoms with Gasteiger partial charge in [0.25, 0.3) is 0 Å². The van der Waals surface area contributed by atoms with Gasteiger partial charge in [-0.15, -0.1) is 0 Å². The van der Waals surface area contributed by atoms with E-state index in [4.69, 9.17) is 0 Å². The highest BCUT2D eigenvalue weighted by atomic mass is 16.5. The quantitative estimate of drug-likeness (QED) is 0.703. The molecular formula is C11H12N4O3. The maximum absolute atomic E-state index is 11.6. The Kier molecular flexibility index (Phi) is 3.22. The summed E-state index contributed by atoms with van der Waals surface area (Å²) in [5.41, 5.74) is 0.798. The van der Waals surface area contributed by atoms with Gasteiger partial charge in [-0.25, -0.2) is 14.3 Å². The van der Waals surface area contributed by atoms with Gasteiger partial charge < -0.3 is 4.74 Å². The third kappa shape index (κ3) is 2.29. The maximum atomic E-state index is 11.6. The second kappa shape index (κ2) is 4.82. The molecule has 2 aromatic rings. The van der Waals surface area contributed by atoms with E-state index in [-0.39, 0.29) is 12.2 Å². The van der Waals surface area contributed by atoms with Crippen molar-refractivity contribution in [2.24, 2.45) is 7.05 Å². The first-order valence-corrected chi connectivity index (χ1v) is 5.23. The lowest BCUT2D eigenvalue weighted by molar-refractivity contribution is 0.0600. The van der Waals surface area contributed by atoms with E-state index in [9.17, 15) is 9.59 Å². The van der Waals surface area contributed by atoms with Gasteiger partial charge in [0.2, 0.25) is 0 Å². The van der Waals surface area contributed by atoms with Gasteiger partial charge in [0, 0.05) is 13.2 Å². The lowest BCUT2D eigenvalue weighted by atomic mass is 10.2. The summed E-state index contributed by atoms with van der Waals surface area (Å²) >= 11 is 0. The van der Waals surface area contributed by atoms with Gasteiger partial charge in [-0.3, -0.25) is 9.55 Å². The van der Waals surface area contributed by atoms with Crippen molar-refractivity contribution in [3.8, 4) is 0 Å². The number of hydrogen-bond donors (Lipinski definition) is 0. The minimum atomic E-state index is -0.441. The first-order valence-electron chi connectivity index (χ1n) is 5.23. The molecule has 0 aliphatic rings. The number of aryl methyl sites for hydroxylation is 1. The summed E-state index contributed by atoms with van der Waals surface area (Å²) in [5.74, 6) is -0.441. The van der Waals surface area contributed by atoms with Crippen molar-refractivity contribution in [2.75, 3.05) is 7.11 Å². The number of esters is 1. The number of ether oxygens (including phenoxy) is 1. The van der Waals surface area contributed by atoms with Gasteiger partial charge in [-0.2, -0.15) is 5.10 Å². The molecule has 0 atom stereocenters. The molecule has 2 aromatic heterocycles. The van der Waals surface area contributed by atoms with E-state index in [1.807, 2.05) is 0 Å². The zero-order chi connectivity index (χ0) is 13.1. The van der Waals surface area contributed by atoms with E-state index in [0.29, 0.717) is 11.3 Å². The molecule has 18 heavy (non-hydrogen) atoms. The predicted molar refractivity (Wildman–Crippen MR) is 62.1 cm³/mol. The van der Waals surface area contributed by atoms with Crippen molar-refractivity contribution in [1.82, 2.24) is 19.3 Å². The zero-order valence-corrected chi connectivity index (χ0v) is 10.0. The lowest BCUT2D eigenvalue weighted by Crippen LogP contribution is -2.23. The lowest BCUT2D eigenvalue weighted by Gasteiger charge is -2.01. The molecule has 0 amide bonds. The Balaban J connectivity index is 2.18. The second-order valence-corrected chi connectivity index (χ2v) is 3.71. The number of carbonyl (C=O) groups is 1. The second-order valence-electron chi connectivity index (χ2n) is 3.71. The monoisotopic (exact) mass is 248 g/mol. The fourth-order valence-electron chi connectivity index (χ4n) is 1.44. The Labute approximate surface area is 103 Å². The van der Waals surface area contributed by atoms with E-state index in [1.54, 1.807) is 19.2 Å². The van der Waals surface area contributed by atoms with Gasteiger partial charge in [0.1, 0.15) is 6.33 Å². The van der Waals surface area contributed by atoms with Gasteiger partial charge in [-0.1, -0.05) is 0 Å². The summed E-state index contributed by atoms with van der Waals surface area (Å²) in [5, 5.41) is 3.92. The van der Waals surface area contributed by atoms with Crippen LogP contribution in [0.15, 0.2) is 29.5 Å². The standard InChI is InChI=1S/C11H12N4O3/c1-14-7-13-15(11(14)17)6-9-4-3-8(5-12-9)10(16)18-2/h3-5,7H,6H2,1-2H3. The molecule has 0 saturated heterocycles. The molecule has 0 aromatic carbocycles. The van der Waals surface area contributed by atoms with Crippen molar-refractivity contribution in [1.29, 1.82) is 0 Å². The molecule has 7 nitrogen and oxygen atoms in total. The number of rotatable bonds is 3. The molecule has 0 spiro atoms. The van der Waals surface area contributed by atoms with Crippen LogP contribution < -0.4 is 5.69 Å². The Morgan fingerprint density at radius 1 is 1.44 bits per heavy atom. The number of nitrogens with zero attached hydrogens (tertiary/aromatic N) is 4. The number of carbonyl (C=O) groups excluding carboxylic acids is 1. The van der Waals surface area contributed by atoms with Gasteiger partial charge in [-0.05, 0) is 12.1 Å². The van der Waals surface area contributed by atoms with E-state index in [2.05, 4.69) is 14.8 Å². The minimum Gasteiger partial charge on any atom is -0.465 e. The summed E-state index contributed by atoms with van der Waals surface area (Å²) in [6.45, 7) is 0.265. The highest BCUT2D eigenvalue weighted by Gasteiger charge is 2.07. The van der Waals surface area contributed by atoms with E-state index < -0.39 is 5.97 Å². The van der Waals surface area contributed by atoms with Gasteiger partial charge in [0.05, 0.1) is 24.9 Å². The van der Waals surface area contributed by atoms with Crippen LogP contribution in [-0.4, -0.2) is 32.4 Å². The molecule has 0 aliphatic heterocycles. The summed E-state index contributed by atoms with van der Waals surface area (Å²) in [4.78, 5) is 26.8. The van der Waals surface area contributed by atoms with E-state index in [1.165, 1.54) is 28.9 Å². The number of aromatic nitrogens is 4. The molecule has 2 heterocycles. The molecule has 0 unspecified atom stereocenters. The van der Waals surface area contributed by atoms with Crippen LogP contribution in [0.3, 0.4) is 0 Å². The van der Waals surface area contributed by atoms with Crippen LogP contribution in [0.5, 0.6) is 0 Å². The van der Waals surface area contributed by atoms with Crippen LogP contribution in [-0.2, 0) is 18.3 Å². The van der Waals surface area contributed by atoms with Crippen LogP contribution in [0.4, 0.5) is 0 Å². The highest BCUT2D eigenvalue weighted by molar-refractivity contribution is 5.88. The van der Waals surface area contributed by atoms with Crippen molar-refractivity contribution >= 4 is 5.97 Å². The van der Waals surface area contributed by atoms with E-state index >= 15 is 0 Å². The van der Waals surface area contributed by atoms with Crippen molar-refractivity contribution in [3.05, 3.63) is 46.4 Å². The molecule has 0 fully saturated rings. The summed E-state index contributed by atoms with van der Waals surface area (Å²) in [6, 6.07) is 3.26. The molecule has 94 valence electrons. The summed E-state index contributed by atoms with van der Waals surface area (Å²) < 4.78 is 7.24. The summed E-state index contributed by atoms with van der Waals surface area (Å²) in [6.07, 6.45) is 2.85. The van der Waals surface area contributed by atoms with Crippen molar-refractivity contribution in [3.63, 3.8) is 0 Å². The fourth-order valence-corrected chi connectivity index (χ4v) is 1.44. The topological polar surface area (TPSA) is 79.0 Å². The summed E-state index contributed by atoms with van der Waals surface area (Å²) in [7, 11) is 2.93. The SMILES string of the molecule is COC(=O)c1ccc(Cn2ncn(C)c2=O)nc1. The highest BCUT2D eigenvalue weighted by Crippen LogP contribution is 2.02. The third-order valence-electron chi connectivity index (χ3n) is 2.44. The first kappa shape index (κ1) is 12.0. The molecule has 2 rings (SSSR count). The Morgan fingerprint density at radius 3 is 2.72 bits per heavy atom. The van der Waals surface area contributed by atoms with Crippen LogP contribution in [0.25, 0.3) is 0 Å². The number of hydrogen-bond acceptors (Lipinski definition) is 5. The number of pyridine rings is 1. The maximum Gasteiger partial charge on any atom is 0.345 e. The van der Waals surface area contributed by atoms with Crippen LogP contribution in [0.2, 0.25) is 0 Å². The van der Waals surface area contributed by atoms with E-state index in [0.717, 1.165) is 0 Å². The average molecular weight is 248 g/mol. The number of methoxy groups -OCH3 is 1. The van der Waals surface area contributed by atoms with Crippen LogP contribution >= 0.6 is 0 Å². The largest absolute Gasteiger partial charge is 0.465 e. The van der Waals surface area contributed by atoms with Crippen molar-refractivity contribution < 1.29 is 9.53 Å². The Hall–Kier alpha value is -2.44. The fraction of sp³-hybridized carbons (Fsp3) is 0.273. The first-order chi connectivity index (χ1) is 8.61. The molecule has 0 radical (unpaired) electrons. The molecule has 0 bridgehead atoms. The van der Waals surface area contributed by atoms with Crippen molar-refractivity contribution in [2.45, 2.75) is 6.54 Å². The molecule has 0 aliphatic carbocycles. The molecular weight excluding hydrogens is 236 g/mol. The molecule has 0 saturated carbocycles. The predicted octanol–water partition coefficient (Wildman–Crippen LogP) is -0.188. The van der Waals surface area contributed by atoms with Crippen LogP contribution in [0.1, 0.15) is 16.1 Å². The smallest absolute Gasteiger partial charge is 0.345 e. The Bertz CT molecular complexity index is 612.